The van der Waals surface area contributed by atoms with Crippen molar-refractivity contribution in [3.63, 3.8) is 0 Å². The number of hydrogen-bond acceptors (Lipinski definition) is 3. The van der Waals surface area contributed by atoms with E-state index in [0.29, 0.717) is 11.6 Å². The van der Waals surface area contributed by atoms with Crippen molar-refractivity contribution in [3.8, 4) is 0 Å². The van der Waals surface area contributed by atoms with E-state index in [1.807, 2.05) is 24.3 Å². The van der Waals surface area contributed by atoms with E-state index in [9.17, 15) is 14.9 Å². The van der Waals surface area contributed by atoms with Crippen LogP contribution in [0.1, 0.15) is 42.1 Å². The maximum atomic E-state index is 12.4. The van der Waals surface area contributed by atoms with Crippen molar-refractivity contribution < 1.29 is 9.72 Å². The molecule has 0 saturated carbocycles. The Labute approximate surface area is 139 Å². The number of rotatable bonds is 5. The van der Waals surface area contributed by atoms with Crippen LogP contribution in [-0.4, -0.2) is 10.8 Å². The van der Waals surface area contributed by atoms with Crippen LogP contribution in [0.2, 0.25) is 5.02 Å². The lowest BCUT2D eigenvalue weighted by Crippen LogP contribution is -2.14. The fraction of sp³-hybridized carbons (Fsp3) is 0.235. The number of hydrogen-bond donors (Lipinski definition) is 1. The average molecular weight is 333 g/mol. The number of anilines is 1. The van der Waals surface area contributed by atoms with Crippen LogP contribution in [0.5, 0.6) is 0 Å². The van der Waals surface area contributed by atoms with E-state index >= 15 is 0 Å². The Morgan fingerprint density at radius 1 is 1.30 bits per heavy atom. The van der Waals surface area contributed by atoms with Crippen LogP contribution < -0.4 is 5.32 Å². The normalized spacial score (nSPS) is 11.8. The Hall–Kier alpha value is -2.40. The van der Waals surface area contributed by atoms with Gasteiger partial charge in [0.15, 0.2) is 0 Å². The standard InChI is InChI=1S/C17H17ClN2O3/c1-3-11(2)13-6-4-5-7-15(13)19-17(21)12-8-9-14(18)16(10-12)20(22)23/h4-11H,3H2,1-2H3,(H,19,21)/t11-/m0/s1. The molecule has 2 aromatic rings. The highest BCUT2D eigenvalue weighted by atomic mass is 35.5. The lowest BCUT2D eigenvalue weighted by atomic mass is 9.97. The predicted octanol–water partition coefficient (Wildman–Crippen LogP) is 5.01. The molecule has 6 heteroatoms. The Morgan fingerprint density at radius 3 is 2.65 bits per heavy atom. The molecule has 0 spiro atoms. The second-order valence-electron chi connectivity index (χ2n) is 5.27. The second-order valence-corrected chi connectivity index (χ2v) is 5.68. The van der Waals surface area contributed by atoms with Crippen molar-refractivity contribution >= 4 is 28.9 Å². The van der Waals surface area contributed by atoms with Gasteiger partial charge < -0.3 is 5.32 Å². The minimum absolute atomic E-state index is 0.00607. The zero-order valence-electron chi connectivity index (χ0n) is 12.9. The van der Waals surface area contributed by atoms with Crippen molar-refractivity contribution in [2.24, 2.45) is 0 Å². The molecule has 0 heterocycles. The molecule has 0 radical (unpaired) electrons. The molecule has 1 atom stereocenters. The first kappa shape index (κ1) is 17.0. The highest BCUT2D eigenvalue weighted by molar-refractivity contribution is 6.32. The van der Waals surface area contributed by atoms with Crippen molar-refractivity contribution in [1.82, 2.24) is 0 Å². The number of nitro groups is 1. The smallest absolute Gasteiger partial charge is 0.288 e. The molecule has 0 aliphatic rings. The molecule has 23 heavy (non-hydrogen) atoms. The van der Waals surface area contributed by atoms with Gasteiger partial charge in [0, 0.05) is 17.3 Å². The first-order valence-corrected chi connectivity index (χ1v) is 7.66. The van der Waals surface area contributed by atoms with Crippen LogP contribution in [0.25, 0.3) is 0 Å². The number of carbonyl (C=O) groups is 1. The largest absolute Gasteiger partial charge is 0.322 e. The minimum Gasteiger partial charge on any atom is -0.322 e. The Morgan fingerprint density at radius 2 is 2.00 bits per heavy atom. The van der Waals surface area contributed by atoms with Crippen LogP contribution >= 0.6 is 11.6 Å². The molecular formula is C17H17ClN2O3. The van der Waals surface area contributed by atoms with Gasteiger partial charge in [0.25, 0.3) is 11.6 Å². The molecule has 0 aromatic heterocycles. The summed E-state index contributed by atoms with van der Waals surface area (Å²) in [5.41, 5.74) is 1.66. The summed E-state index contributed by atoms with van der Waals surface area (Å²) in [6.07, 6.45) is 0.944. The monoisotopic (exact) mass is 332 g/mol. The molecule has 2 rings (SSSR count). The number of benzene rings is 2. The number of nitrogens with one attached hydrogen (secondary N) is 1. The van der Waals surface area contributed by atoms with Gasteiger partial charge in [-0.2, -0.15) is 0 Å². The molecule has 0 aliphatic heterocycles. The van der Waals surface area contributed by atoms with Gasteiger partial charge in [-0.1, -0.05) is 43.6 Å². The number of halogens is 1. The number of nitrogens with zero attached hydrogens (tertiary/aromatic N) is 1. The summed E-state index contributed by atoms with van der Waals surface area (Å²) in [5.74, 6) is -0.105. The third kappa shape index (κ3) is 3.87. The van der Waals surface area contributed by atoms with Gasteiger partial charge >= 0.3 is 0 Å². The number of nitro benzene ring substituents is 1. The Bertz CT molecular complexity index is 746. The van der Waals surface area contributed by atoms with Gasteiger partial charge in [0.1, 0.15) is 5.02 Å². The summed E-state index contributed by atoms with van der Waals surface area (Å²) < 4.78 is 0. The van der Waals surface area contributed by atoms with E-state index < -0.39 is 10.8 Å². The van der Waals surface area contributed by atoms with Crippen molar-refractivity contribution in [3.05, 3.63) is 68.7 Å². The quantitative estimate of drug-likeness (QED) is 0.617. The number of amides is 1. The second kappa shape index (κ2) is 7.24. The van der Waals surface area contributed by atoms with Crippen LogP contribution in [-0.2, 0) is 0 Å². The van der Waals surface area contributed by atoms with E-state index in [1.165, 1.54) is 18.2 Å². The lowest BCUT2D eigenvalue weighted by Gasteiger charge is -2.15. The first-order valence-electron chi connectivity index (χ1n) is 7.28. The zero-order chi connectivity index (χ0) is 17.0. The molecular weight excluding hydrogens is 316 g/mol. The maximum absolute atomic E-state index is 12.4. The van der Waals surface area contributed by atoms with Crippen molar-refractivity contribution in [2.75, 3.05) is 5.32 Å². The van der Waals surface area contributed by atoms with E-state index in [0.717, 1.165) is 12.0 Å². The van der Waals surface area contributed by atoms with Gasteiger partial charge in [0.2, 0.25) is 0 Å². The molecule has 120 valence electrons. The Kier molecular flexibility index (Phi) is 5.34. The SMILES string of the molecule is CC[C@H](C)c1ccccc1NC(=O)c1ccc(Cl)c([N+](=O)[O-])c1. The predicted molar refractivity (Wildman–Crippen MR) is 91.2 cm³/mol. The molecule has 2 aromatic carbocycles. The zero-order valence-corrected chi connectivity index (χ0v) is 13.6. The van der Waals surface area contributed by atoms with Crippen LogP contribution in [0.3, 0.4) is 0 Å². The van der Waals surface area contributed by atoms with Gasteiger partial charge in [-0.15, -0.1) is 0 Å². The van der Waals surface area contributed by atoms with Crippen molar-refractivity contribution in [2.45, 2.75) is 26.2 Å². The third-order valence-electron chi connectivity index (χ3n) is 3.76. The molecule has 0 fully saturated rings. The van der Waals surface area contributed by atoms with Gasteiger partial charge in [0.05, 0.1) is 4.92 Å². The summed E-state index contributed by atoms with van der Waals surface area (Å²) >= 11 is 5.77. The molecule has 1 N–H and O–H groups in total. The van der Waals surface area contributed by atoms with Gasteiger partial charge in [-0.05, 0) is 36.1 Å². The van der Waals surface area contributed by atoms with Crippen LogP contribution in [0.4, 0.5) is 11.4 Å². The first-order chi connectivity index (χ1) is 10.9. The van der Waals surface area contributed by atoms with Crippen molar-refractivity contribution in [1.29, 1.82) is 0 Å². The van der Waals surface area contributed by atoms with E-state index in [2.05, 4.69) is 19.2 Å². The molecule has 0 aliphatic carbocycles. The highest BCUT2D eigenvalue weighted by Crippen LogP contribution is 2.28. The summed E-state index contributed by atoms with van der Waals surface area (Å²) in [7, 11) is 0. The summed E-state index contributed by atoms with van der Waals surface area (Å²) in [6, 6.07) is 11.6. The summed E-state index contributed by atoms with van der Waals surface area (Å²) in [5, 5.41) is 13.8. The molecule has 5 nitrogen and oxygen atoms in total. The molecule has 1 amide bonds. The van der Waals surface area contributed by atoms with Crippen LogP contribution in [0, 0.1) is 10.1 Å². The van der Waals surface area contributed by atoms with E-state index in [1.54, 1.807) is 0 Å². The van der Waals surface area contributed by atoms with Crippen LogP contribution in [0.15, 0.2) is 42.5 Å². The molecule has 0 bridgehead atoms. The number of para-hydroxylation sites is 1. The van der Waals surface area contributed by atoms with Gasteiger partial charge in [-0.3, -0.25) is 14.9 Å². The summed E-state index contributed by atoms with van der Waals surface area (Å²) in [4.78, 5) is 22.7. The fourth-order valence-corrected chi connectivity index (χ4v) is 2.44. The highest BCUT2D eigenvalue weighted by Gasteiger charge is 2.17. The Balaban J connectivity index is 2.30. The van der Waals surface area contributed by atoms with E-state index in [4.69, 9.17) is 11.6 Å². The molecule has 0 saturated heterocycles. The van der Waals surface area contributed by atoms with E-state index in [-0.39, 0.29) is 16.3 Å². The summed E-state index contributed by atoms with van der Waals surface area (Å²) in [6.45, 7) is 4.16. The minimum atomic E-state index is -0.605. The molecule has 0 unspecified atom stereocenters. The third-order valence-corrected chi connectivity index (χ3v) is 4.08. The lowest BCUT2D eigenvalue weighted by molar-refractivity contribution is -0.384. The fourth-order valence-electron chi connectivity index (χ4n) is 2.25. The average Bonchev–Trinajstić information content (AvgIpc) is 2.54. The topological polar surface area (TPSA) is 72.2 Å². The maximum Gasteiger partial charge on any atom is 0.288 e. The van der Waals surface area contributed by atoms with Gasteiger partial charge in [-0.25, -0.2) is 0 Å². The number of carbonyl (C=O) groups excluding carboxylic acids is 1.